The molecule has 1 aromatic heterocycles. The van der Waals surface area contributed by atoms with Crippen molar-refractivity contribution >= 4 is 11.9 Å². The van der Waals surface area contributed by atoms with Crippen molar-refractivity contribution in [3.05, 3.63) is 34.4 Å². The van der Waals surface area contributed by atoms with Crippen LogP contribution in [0.4, 0.5) is 0 Å². The highest BCUT2D eigenvalue weighted by atomic mass is 16.4. The minimum atomic E-state index is -1.67. The third-order valence-corrected chi connectivity index (χ3v) is 1.70. The molecule has 16 heavy (non-hydrogen) atoms. The molecule has 1 heterocycles. The zero-order valence-corrected chi connectivity index (χ0v) is 8.04. The first-order valence-corrected chi connectivity index (χ1v) is 4.28. The summed E-state index contributed by atoms with van der Waals surface area (Å²) >= 11 is 0. The van der Waals surface area contributed by atoms with Crippen LogP contribution in [0.5, 0.6) is 0 Å². The van der Waals surface area contributed by atoms with Gasteiger partial charge in [0.1, 0.15) is 6.26 Å². The van der Waals surface area contributed by atoms with E-state index in [9.17, 15) is 14.4 Å². The van der Waals surface area contributed by atoms with Gasteiger partial charge in [-0.2, -0.15) is 0 Å². The number of aliphatic hydroxyl groups excluding tert-OH is 1. The van der Waals surface area contributed by atoms with Gasteiger partial charge in [0.05, 0.1) is 12.1 Å². The summed E-state index contributed by atoms with van der Waals surface area (Å²) in [6.45, 7) is -0.423. The molecule has 0 fully saturated rings. The third-order valence-electron chi connectivity index (χ3n) is 1.70. The van der Waals surface area contributed by atoms with Crippen molar-refractivity contribution in [1.82, 2.24) is 5.32 Å². The van der Waals surface area contributed by atoms with Crippen molar-refractivity contribution in [3.8, 4) is 0 Å². The largest absolute Gasteiger partial charge is 0.479 e. The molecule has 0 aliphatic rings. The molecule has 0 bridgehead atoms. The second-order valence-corrected chi connectivity index (χ2v) is 2.91. The molecule has 0 aliphatic heterocycles. The summed E-state index contributed by atoms with van der Waals surface area (Å²) < 4.78 is 4.44. The van der Waals surface area contributed by atoms with E-state index in [0.717, 1.165) is 12.3 Å². The summed E-state index contributed by atoms with van der Waals surface area (Å²) in [5, 5.41) is 19.4. The average Bonchev–Trinajstić information content (AvgIpc) is 2.26. The summed E-state index contributed by atoms with van der Waals surface area (Å²) in [4.78, 5) is 32.1. The van der Waals surface area contributed by atoms with E-state index in [1.165, 1.54) is 6.07 Å². The van der Waals surface area contributed by atoms with Gasteiger partial charge in [-0.05, 0) is 6.07 Å². The fourth-order valence-electron chi connectivity index (χ4n) is 0.866. The Kier molecular flexibility index (Phi) is 3.78. The first-order valence-electron chi connectivity index (χ1n) is 4.28. The number of rotatable bonds is 4. The second kappa shape index (κ2) is 5.08. The molecule has 1 amide bonds. The highest BCUT2D eigenvalue weighted by Crippen LogP contribution is 1.94. The van der Waals surface area contributed by atoms with Crippen LogP contribution in [0.15, 0.2) is 27.6 Å². The van der Waals surface area contributed by atoms with Crippen LogP contribution in [0, 0.1) is 0 Å². The lowest BCUT2D eigenvalue weighted by Gasteiger charge is -2.06. The molecule has 0 spiro atoms. The van der Waals surface area contributed by atoms with Gasteiger partial charge in [0, 0.05) is 6.07 Å². The lowest BCUT2D eigenvalue weighted by Crippen LogP contribution is -2.36. The number of aliphatic carboxylic acids is 1. The first-order chi connectivity index (χ1) is 7.50. The van der Waals surface area contributed by atoms with Gasteiger partial charge in [0.2, 0.25) is 0 Å². The molecule has 0 unspecified atom stereocenters. The van der Waals surface area contributed by atoms with E-state index < -0.39 is 30.2 Å². The molecule has 0 saturated carbocycles. The lowest BCUT2D eigenvalue weighted by atomic mass is 10.2. The fraction of sp³-hybridized carbons (Fsp3) is 0.222. The molecule has 86 valence electrons. The molecule has 1 rings (SSSR count). The lowest BCUT2D eigenvalue weighted by molar-refractivity contribution is -0.146. The number of nitrogens with one attached hydrogen (secondary N) is 1. The molecular weight excluding hydrogens is 218 g/mol. The Morgan fingerprint density at radius 1 is 1.44 bits per heavy atom. The third kappa shape index (κ3) is 3.21. The predicted molar refractivity (Wildman–Crippen MR) is 51.0 cm³/mol. The van der Waals surface area contributed by atoms with Gasteiger partial charge in [-0.15, -0.1) is 0 Å². The topological polar surface area (TPSA) is 117 Å². The molecule has 0 saturated heterocycles. The summed E-state index contributed by atoms with van der Waals surface area (Å²) in [6, 6.07) is 2.29. The number of carbonyl (C=O) groups is 2. The van der Waals surface area contributed by atoms with Crippen LogP contribution in [0.25, 0.3) is 0 Å². The van der Waals surface area contributed by atoms with Gasteiger partial charge in [0.25, 0.3) is 5.91 Å². The molecule has 0 aromatic carbocycles. The molecule has 0 radical (unpaired) electrons. The number of carbonyl (C=O) groups excluding carboxylic acids is 1. The van der Waals surface area contributed by atoms with E-state index in [2.05, 4.69) is 9.73 Å². The van der Waals surface area contributed by atoms with E-state index in [-0.39, 0.29) is 5.56 Å². The molecule has 1 aromatic rings. The van der Waals surface area contributed by atoms with Crippen LogP contribution in [-0.2, 0) is 4.79 Å². The van der Waals surface area contributed by atoms with Gasteiger partial charge in [-0.25, -0.2) is 9.59 Å². The fourth-order valence-corrected chi connectivity index (χ4v) is 0.866. The summed E-state index contributed by atoms with van der Waals surface area (Å²) in [7, 11) is 0. The number of hydrogen-bond acceptors (Lipinski definition) is 5. The molecular formula is C9H9NO6. The van der Waals surface area contributed by atoms with Crippen LogP contribution in [0.1, 0.15) is 10.4 Å². The van der Waals surface area contributed by atoms with Crippen LogP contribution in [0.3, 0.4) is 0 Å². The minimum absolute atomic E-state index is 0.0668. The summed E-state index contributed by atoms with van der Waals surface area (Å²) in [5.41, 5.74) is -0.528. The number of carboxylic acid groups (broad SMARTS) is 1. The molecule has 7 nitrogen and oxygen atoms in total. The van der Waals surface area contributed by atoms with Crippen molar-refractivity contribution in [2.45, 2.75) is 6.10 Å². The molecule has 3 N–H and O–H groups in total. The Balaban J connectivity index is 2.56. The minimum Gasteiger partial charge on any atom is -0.479 e. The number of amides is 1. The Hall–Kier alpha value is -2.15. The highest BCUT2D eigenvalue weighted by molar-refractivity contribution is 5.93. The van der Waals surface area contributed by atoms with Crippen molar-refractivity contribution in [2.24, 2.45) is 0 Å². The van der Waals surface area contributed by atoms with E-state index in [1.807, 2.05) is 0 Å². The highest BCUT2D eigenvalue weighted by Gasteiger charge is 2.14. The Morgan fingerprint density at radius 3 is 2.62 bits per heavy atom. The number of aliphatic hydroxyl groups is 1. The van der Waals surface area contributed by atoms with Crippen molar-refractivity contribution in [2.75, 3.05) is 6.54 Å². The maximum absolute atomic E-state index is 11.3. The molecule has 0 aliphatic carbocycles. The Morgan fingerprint density at radius 2 is 2.12 bits per heavy atom. The van der Waals surface area contributed by atoms with E-state index in [0.29, 0.717) is 0 Å². The SMILES string of the molecule is O=C(NC[C@H](O)C(=O)O)c1ccc(=O)oc1. The number of hydrogen-bond donors (Lipinski definition) is 3. The quantitative estimate of drug-likeness (QED) is 0.595. The smallest absolute Gasteiger partial charge is 0.335 e. The van der Waals surface area contributed by atoms with E-state index in [1.54, 1.807) is 0 Å². The monoisotopic (exact) mass is 227 g/mol. The normalized spacial score (nSPS) is 11.8. The van der Waals surface area contributed by atoms with Crippen LogP contribution >= 0.6 is 0 Å². The van der Waals surface area contributed by atoms with Crippen LogP contribution < -0.4 is 10.9 Å². The van der Waals surface area contributed by atoms with E-state index >= 15 is 0 Å². The summed E-state index contributed by atoms with van der Waals surface area (Å²) in [6.07, 6.45) is -0.718. The maximum atomic E-state index is 11.3. The maximum Gasteiger partial charge on any atom is 0.335 e. The van der Waals surface area contributed by atoms with E-state index in [4.69, 9.17) is 10.2 Å². The Bertz CT molecular complexity index is 431. The van der Waals surface area contributed by atoms with Gasteiger partial charge < -0.3 is 19.9 Å². The predicted octanol–water partition coefficient (Wildman–Crippen LogP) is -1.18. The van der Waals surface area contributed by atoms with Gasteiger partial charge in [-0.1, -0.05) is 0 Å². The zero-order chi connectivity index (χ0) is 12.1. The first kappa shape index (κ1) is 11.9. The second-order valence-electron chi connectivity index (χ2n) is 2.91. The zero-order valence-electron chi connectivity index (χ0n) is 8.04. The van der Waals surface area contributed by atoms with Gasteiger partial charge in [0.15, 0.2) is 6.10 Å². The average molecular weight is 227 g/mol. The molecule has 7 heteroatoms. The number of carboxylic acids is 1. The van der Waals surface area contributed by atoms with Crippen molar-refractivity contribution in [1.29, 1.82) is 0 Å². The molecule has 1 atom stereocenters. The van der Waals surface area contributed by atoms with Crippen molar-refractivity contribution < 1.29 is 24.2 Å². The summed E-state index contributed by atoms with van der Waals surface area (Å²) in [5.74, 6) is -2.07. The van der Waals surface area contributed by atoms with Crippen LogP contribution in [-0.4, -0.2) is 34.7 Å². The van der Waals surface area contributed by atoms with Crippen LogP contribution in [0.2, 0.25) is 0 Å². The van der Waals surface area contributed by atoms with Crippen molar-refractivity contribution in [3.63, 3.8) is 0 Å². The Labute approximate surface area is 89.3 Å². The standard InChI is InChI=1S/C9H9NO6/c11-6(9(14)15)3-10-8(13)5-1-2-7(12)16-4-5/h1-2,4,6,11H,3H2,(H,10,13)(H,14,15)/t6-/m0/s1. The van der Waals surface area contributed by atoms with Gasteiger partial charge >= 0.3 is 11.6 Å². The van der Waals surface area contributed by atoms with Gasteiger partial charge in [-0.3, -0.25) is 4.79 Å².